The molecule has 1 atom stereocenters. The van der Waals surface area contributed by atoms with E-state index in [1.165, 1.54) is 43.4 Å². The van der Waals surface area contributed by atoms with Gasteiger partial charge in [-0.15, -0.1) is 6.58 Å². The van der Waals surface area contributed by atoms with Gasteiger partial charge in [0.1, 0.15) is 0 Å². The lowest BCUT2D eigenvalue weighted by atomic mass is 9.99. The molecule has 0 bridgehead atoms. The van der Waals surface area contributed by atoms with Crippen molar-refractivity contribution in [2.45, 2.75) is 64.8 Å². The standard InChI is InChI=1S/C17H31N3/c1-5-8-9-10-11-12-17(18-13-6-2)15-14-20(4)19-16(15)7-3/h5,14,17-18H,1,6-13H2,2-4H3. The Hall–Kier alpha value is -1.09. The third kappa shape index (κ3) is 5.49. The van der Waals surface area contributed by atoms with Crippen molar-refractivity contribution in [3.8, 4) is 0 Å². The Bertz CT molecular complexity index is 382. The summed E-state index contributed by atoms with van der Waals surface area (Å²) in [5.74, 6) is 0. The molecule has 0 radical (unpaired) electrons. The molecule has 1 aromatic heterocycles. The number of hydrogen-bond acceptors (Lipinski definition) is 2. The normalized spacial score (nSPS) is 12.6. The molecule has 3 heteroatoms. The molecule has 1 aromatic rings. The largest absolute Gasteiger partial charge is 0.310 e. The van der Waals surface area contributed by atoms with E-state index < -0.39 is 0 Å². The first kappa shape index (κ1) is 17.0. The summed E-state index contributed by atoms with van der Waals surface area (Å²) in [5, 5.41) is 8.27. The Morgan fingerprint density at radius 1 is 1.35 bits per heavy atom. The zero-order valence-corrected chi connectivity index (χ0v) is 13.5. The zero-order valence-electron chi connectivity index (χ0n) is 13.5. The minimum absolute atomic E-state index is 0.460. The van der Waals surface area contributed by atoms with Gasteiger partial charge in [-0.1, -0.05) is 32.8 Å². The molecule has 1 heterocycles. The van der Waals surface area contributed by atoms with Gasteiger partial charge in [-0.25, -0.2) is 0 Å². The molecule has 1 rings (SSSR count). The van der Waals surface area contributed by atoms with Crippen molar-refractivity contribution in [3.63, 3.8) is 0 Å². The fourth-order valence-electron chi connectivity index (χ4n) is 2.62. The zero-order chi connectivity index (χ0) is 14.8. The lowest BCUT2D eigenvalue weighted by Crippen LogP contribution is -2.22. The summed E-state index contributed by atoms with van der Waals surface area (Å²) in [4.78, 5) is 0. The number of aromatic nitrogens is 2. The highest BCUT2D eigenvalue weighted by atomic mass is 15.3. The van der Waals surface area contributed by atoms with Crippen LogP contribution in [0.1, 0.15) is 69.7 Å². The molecular formula is C17H31N3. The van der Waals surface area contributed by atoms with E-state index in [2.05, 4.69) is 37.0 Å². The summed E-state index contributed by atoms with van der Waals surface area (Å²) in [6.07, 6.45) is 12.6. The van der Waals surface area contributed by atoms with Gasteiger partial charge in [-0.2, -0.15) is 5.10 Å². The predicted molar refractivity (Wildman–Crippen MR) is 86.9 cm³/mol. The Balaban J connectivity index is 2.60. The summed E-state index contributed by atoms with van der Waals surface area (Å²) < 4.78 is 1.95. The maximum atomic E-state index is 4.58. The number of hydrogen-bond donors (Lipinski definition) is 1. The molecule has 0 fully saturated rings. The monoisotopic (exact) mass is 277 g/mol. The molecular weight excluding hydrogens is 246 g/mol. The van der Waals surface area contributed by atoms with Gasteiger partial charge < -0.3 is 5.32 Å². The van der Waals surface area contributed by atoms with Gasteiger partial charge in [-0.3, -0.25) is 4.68 Å². The van der Waals surface area contributed by atoms with Crippen molar-refractivity contribution in [2.24, 2.45) is 7.05 Å². The minimum Gasteiger partial charge on any atom is -0.310 e. The molecule has 114 valence electrons. The molecule has 1 unspecified atom stereocenters. The maximum absolute atomic E-state index is 4.58. The number of allylic oxidation sites excluding steroid dienone is 1. The second-order valence-electron chi connectivity index (χ2n) is 5.49. The van der Waals surface area contributed by atoms with Crippen LogP contribution in [-0.4, -0.2) is 16.3 Å². The van der Waals surface area contributed by atoms with E-state index in [9.17, 15) is 0 Å². The van der Waals surface area contributed by atoms with Gasteiger partial charge in [0, 0.05) is 24.8 Å². The predicted octanol–water partition coefficient (Wildman–Crippen LogP) is 4.16. The van der Waals surface area contributed by atoms with E-state index in [4.69, 9.17) is 0 Å². The van der Waals surface area contributed by atoms with E-state index >= 15 is 0 Å². The summed E-state index contributed by atoms with van der Waals surface area (Å²) in [5.41, 5.74) is 2.64. The summed E-state index contributed by atoms with van der Waals surface area (Å²) in [6, 6.07) is 0.460. The average Bonchev–Trinajstić information content (AvgIpc) is 2.83. The van der Waals surface area contributed by atoms with Crippen LogP contribution >= 0.6 is 0 Å². The van der Waals surface area contributed by atoms with Gasteiger partial charge in [0.2, 0.25) is 0 Å². The second kappa shape index (κ2) is 9.76. The van der Waals surface area contributed by atoms with Crippen LogP contribution in [0.4, 0.5) is 0 Å². The van der Waals surface area contributed by atoms with Crippen molar-refractivity contribution in [2.75, 3.05) is 6.54 Å². The topological polar surface area (TPSA) is 29.9 Å². The Morgan fingerprint density at radius 2 is 2.15 bits per heavy atom. The summed E-state index contributed by atoms with van der Waals surface area (Å²) in [7, 11) is 2.02. The number of unbranched alkanes of at least 4 members (excludes halogenated alkanes) is 3. The molecule has 0 saturated heterocycles. The fraction of sp³-hybridized carbons (Fsp3) is 0.706. The first-order valence-electron chi connectivity index (χ1n) is 8.09. The number of nitrogens with one attached hydrogen (secondary N) is 1. The lowest BCUT2D eigenvalue weighted by molar-refractivity contribution is 0.469. The molecule has 0 amide bonds. The summed E-state index contributed by atoms with van der Waals surface area (Å²) in [6.45, 7) is 9.27. The Kier molecular flexibility index (Phi) is 8.28. The molecule has 0 aliphatic heterocycles. The van der Waals surface area contributed by atoms with E-state index in [0.29, 0.717) is 6.04 Å². The van der Waals surface area contributed by atoms with E-state index in [1.54, 1.807) is 0 Å². The van der Waals surface area contributed by atoms with E-state index in [-0.39, 0.29) is 0 Å². The highest BCUT2D eigenvalue weighted by Crippen LogP contribution is 2.23. The Labute approximate surface area is 124 Å². The Morgan fingerprint density at radius 3 is 2.80 bits per heavy atom. The smallest absolute Gasteiger partial charge is 0.0669 e. The highest BCUT2D eigenvalue weighted by molar-refractivity contribution is 5.21. The van der Waals surface area contributed by atoms with Crippen molar-refractivity contribution >= 4 is 0 Å². The van der Waals surface area contributed by atoms with Gasteiger partial charge >= 0.3 is 0 Å². The second-order valence-corrected chi connectivity index (χ2v) is 5.49. The van der Waals surface area contributed by atoms with Gasteiger partial charge in [0.05, 0.1) is 5.69 Å². The van der Waals surface area contributed by atoms with E-state index in [1.807, 2.05) is 17.8 Å². The number of nitrogens with zero attached hydrogens (tertiary/aromatic N) is 2. The van der Waals surface area contributed by atoms with Crippen LogP contribution in [0.3, 0.4) is 0 Å². The van der Waals surface area contributed by atoms with Crippen molar-refractivity contribution in [1.29, 1.82) is 0 Å². The van der Waals surface area contributed by atoms with Gasteiger partial charge in [0.15, 0.2) is 0 Å². The highest BCUT2D eigenvalue weighted by Gasteiger charge is 2.16. The number of aryl methyl sites for hydroxylation is 2. The fourth-order valence-corrected chi connectivity index (χ4v) is 2.62. The van der Waals surface area contributed by atoms with Crippen LogP contribution < -0.4 is 5.32 Å². The van der Waals surface area contributed by atoms with Crippen molar-refractivity contribution in [3.05, 3.63) is 30.1 Å². The average molecular weight is 277 g/mol. The molecule has 0 aromatic carbocycles. The first-order valence-corrected chi connectivity index (χ1v) is 8.09. The molecule has 0 aliphatic carbocycles. The van der Waals surface area contributed by atoms with Crippen molar-refractivity contribution < 1.29 is 0 Å². The van der Waals surface area contributed by atoms with Gasteiger partial charge in [0.25, 0.3) is 0 Å². The van der Waals surface area contributed by atoms with E-state index in [0.717, 1.165) is 19.4 Å². The quantitative estimate of drug-likeness (QED) is 0.486. The number of rotatable bonds is 11. The van der Waals surface area contributed by atoms with Crippen LogP contribution in [0.15, 0.2) is 18.9 Å². The molecule has 3 nitrogen and oxygen atoms in total. The lowest BCUT2D eigenvalue weighted by Gasteiger charge is -2.18. The molecule has 1 N–H and O–H groups in total. The third-order valence-electron chi connectivity index (χ3n) is 3.69. The first-order chi connectivity index (χ1) is 9.72. The molecule has 0 saturated carbocycles. The SMILES string of the molecule is C=CCCCCCC(NCCC)c1cn(C)nc1CC. The van der Waals surface area contributed by atoms with Crippen LogP contribution in [-0.2, 0) is 13.5 Å². The van der Waals surface area contributed by atoms with Crippen molar-refractivity contribution in [1.82, 2.24) is 15.1 Å². The minimum atomic E-state index is 0.460. The van der Waals surface area contributed by atoms with Crippen LogP contribution in [0.5, 0.6) is 0 Å². The molecule has 20 heavy (non-hydrogen) atoms. The van der Waals surface area contributed by atoms with Crippen LogP contribution in [0, 0.1) is 0 Å². The summed E-state index contributed by atoms with van der Waals surface area (Å²) >= 11 is 0. The van der Waals surface area contributed by atoms with Gasteiger partial charge in [-0.05, 0) is 38.6 Å². The molecule has 0 aliphatic rings. The van der Waals surface area contributed by atoms with Crippen LogP contribution in [0.2, 0.25) is 0 Å². The maximum Gasteiger partial charge on any atom is 0.0669 e. The molecule has 0 spiro atoms. The van der Waals surface area contributed by atoms with Crippen LogP contribution in [0.25, 0.3) is 0 Å². The third-order valence-corrected chi connectivity index (χ3v) is 3.69.